The second-order valence-corrected chi connectivity index (χ2v) is 4.83. The van der Waals surface area contributed by atoms with Crippen LogP contribution in [0.1, 0.15) is 25.0 Å². The lowest BCUT2D eigenvalue weighted by Crippen LogP contribution is -2.31. The van der Waals surface area contributed by atoms with Crippen molar-refractivity contribution in [3.05, 3.63) is 29.3 Å². The van der Waals surface area contributed by atoms with Crippen molar-refractivity contribution in [3.8, 4) is 0 Å². The third-order valence-corrected chi connectivity index (χ3v) is 3.27. The van der Waals surface area contributed by atoms with E-state index in [0.29, 0.717) is 13.2 Å². The summed E-state index contributed by atoms with van der Waals surface area (Å²) in [5.74, 6) is 0.0683. The monoisotopic (exact) mass is 434 g/mol. The van der Waals surface area contributed by atoms with E-state index in [1.807, 2.05) is 6.07 Å². The van der Waals surface area contributed by atoms with Crippen molar-refractivity contribution in [2.24, 2.45) is 10.7 Å². The Morgan fingerprint density at radius 2 is 1.87 bits per heavy atom. The molecule has 0 fully saturated rings. The number of aliphatic imine (C=N–C) groups is 1. The van der Waals surface area contributed by atoms with Gasteiger partial charge in [-0.15, -0.1) is 24.0 Å². The zero-order valence-corrected chi connectivity index (χ0v) is 16.3. The molecule has 7 heteroatoms. The second-order valence-electron chi connectivity index (χ2n) is 4.83. The quantitative estimate of drug-likeness (QED) is 0.253. The highest BCUT2D eigenvalue weighted by atomic mass is 127. The maximum Gasteiger partial charge on any atom is 0.241 e. The Kier molecular flexibility index (Phi) is 11.4. The minimum Gasteiger partial charge on any atom is -0.383 e. The fraction of sp³-hybridized carbons (Fsp3) is 0.500. The van der Waals surface area contributed by atoms with Gasteiger partial charge in [0.15, 0.2) is 5.96 Å². The van der Waals surface area contributed by atoms with Gasteiger partial charge in [0.2, 0.25) is 5.91 Å². The summed E-state index contributed by atoms with van der Waals surface area (Å²) in [6.07, 6.45) is 1.81. The SMILES string of the molecule is CCc1cccc(CC)c1NC(N)=NCC(=O)NCCOC.I. The molecule has 0 aliphatic rings. The van der Waals surface area contributed by atoms with E-state index in [2.05, 4.69) is 41.6 Å². The number of methoxy groups -OCH3 is 1. The molecular weight excluding hydrogens is 407 g/mol. The van der Waals surface area contributed by atoms with Crippen LogP contribution in [0, 0.1) is 0 Å². The molecule has 0 aliphatic heterocycles. The summed E-state index contributed by atoms with van der Waals surface area (Å²) in [6.45, 7) is 5.13. The number of hydrogen-bond donors (Lipinski definition) is 3. The molecule has 0 aromatic heterocycles. The van der Waals surface area contributed by atoms with Crippen LogP contribution in [0.3, 0.4) is 0 Å². The van der Waals surface area contributed by atoms with Gasteiger partial charge in [0.25, 0.3) is 0 Å². The number of nitrogens with zero attached hydrogens (tertiary/aromatic N) is 1. The normalized spacial score (nSPS) is 10.8. The lowest BCUT2D eigenvalue weighted by atomic mass is 10.0. The lowest BCUT2D eigenvalue weighted by molar-refractivity contribution is -0.119. The van der Waals surface area contributed by atoms with E-state index in [1.54, 1.807) is 7.11 Å². The molecule has 1 aromatic carbocycles. The van der Waals surface area contributed by atoms with E-state index >= 15 is 0 Å². The number of anilines is 1. The summed E-state index contributed by atoms with van der Waals surface area (Å²) >= 11 is 0. The summed E-state index contributed by atoms with van der Waals surface area (Å²) in [4.78, 5) is 15.6. The molecule has 0 saturated carbocycles. The number of hydrogen-bond acceptors (Lipinski definition) is 3. The summed E-state index contributed by atoms with van der Waals surface area (Å²) in [7, 11) is 1.59. The van der Waals surface area contributed by atoms with E-state index in [9.17, 15) is 4.79 Å². The van der Waals surface area contributed by atoms with Crippen molar-refractivity contribution < 1.29 is 9.53 Å². The highest BCUT2D eigenvalue weighted by Crippen LogP contribution is 2.22. The van der Waals surface area contributed by atoms with Crippen LogP contribution in [0.15, 0.2) is 23.2 Å². The molecule has 1 rings (SSSR count). The van der Waals surface area contributed by atoms with Gasteiger partial charge in [0.05, 0.1) is 6.61 Å². The predicted molar refractivity (Wildman–Crippen MR) is 106 cm³/mol. The second kappa shape index (κ2) is 12.1. The minimum atomic E-state index is -0.179. The fourth-order valence-corrected chi connectivity index (χ4v) is 2.08. The number of para-hydroxylation sites is 1. The van der Waals surface area contributed by atoms with E-state index in [1.165, 1.54) is 11.1 Å². The summed E-state index contributed by atoms with van der Waals surface area (Å²) in [6, 6.07) is 6.16. The largest absolute Gasteiger partial charge is 0.383 e. The van der Waals surface area contributed by atoms with Crippen LogP contribution in [0.5, 0.6) is 0 Å². The molecule has 0 aliphatic carbocycles. The van der Waals surface area contributed by atoms with Gasteiger partial charge in [-0.05, 0) is 24.0 Å². The van der Waals surface area contributed by atoms with Crippen molar-refractivity contribution in [1.82, 2.24) is 5.32 Å². The van der Waals surface area contributed by atoms with Crippen molar-refractivity contribution in [2.75, 3.05) is 32.1 Å². The number of amides is 1. The number of nitrogens with two attached hydrogens (primary N) is 1. The molecule has 0 radical (unpaired) electrons. The molecule has 0 bridgehead atoms. The van der Waals surface area contributed by atoms with Crippen LogP contribution >= 0.6 is 24.0 Å². The standard InChI is InChI=1S/C16H26N4O2.HI/c1-4-12-7-6-8-13(5-2)15(12)20-16(17)19-11-14(21)18-9-10-22-3;/h6-8H,4-5,9-11H2,1-3H3,(H,18,21)(H3,17,19,20);1H. The topological polar surface area (TPSA) is 88.7 Å². The van der Waals surface area contributed by atoms with Gasteiger partial charge >= 0.3 is 0 Å². The highest BCUT2D eigenvalue weighted by molar-refractivity contribution is 14.0. The fourth-order valence-electron chi connectivity index (χ4n) is 2.08. The smallest absolute Gasteiger partial charge is 0.241 e. The molecule has 0 atom stereocenters. The van der Waals surface area contributed by atoms with Crippen LogP contribution in [0.4, 0.5) is 5.69 Å². The van der Waals surface area contributed by atoms with Crippen molar-refractivity contribution >= 4 is 41.5 Å². The van der Waals surface area contributed by atoms with Crippen LogP contribution in [-0.2, 0) is 22.4 Å². The summed E-state index contributed by atoms with van der Waals surface area (Å²) in [5.41, 5.74) is 9.25. The Morgan fingerprint density at radius 1 is 1.26 bits per heavy atom. The Hall–Kier alpha value is -1.35. The zero-order chi connectivity index (χ0) is 16.4. The van der Waals surface area contributed by atoms with E-state index in [0.717, 1.165) is 18.5 Å². The first kappa shape index (κ1) is 21.6. The number of benzene rings is 1. The molecule has 0 spiro atoms. The third kappa shape index (κ3) is 7.65. The Balaban J connectivity index is 0.00000484. The third-order valence-electron chi connectivity index (χ3n) is 3.27. The number of carbonyl (C=O) groups is 1. The van der Waals surface area contributed by atoms with Crippen LogP contribution < -0.4 is 16.4 Å². The predicted octanol–water partition coefficient (Wildman–Crippen LogP) is 1.92. The molecule has 23 heavy (non-hydrogen) atoms. The summed E-state index contributed by atoms with van der Waals surface area (Å²) < 4.78 is 4.86. The number of rotatable bonds is 8. The van der Waals surface area contributed by atoms with Gasteiger partial charge in [-0.2, -0.15) is 0 Å². The molecule has 0 heterocycles. The molecule has 6 nitrogen and oxygen atoms in total. The molecule has 4 N–H and O–H groups in total. The highest BCUT2D eigenvalue weighted by Gasteiger charge is 2.07. The first-order chi connectivity index (χ1) is 10.6. The van der Waals surface area contributed by atoms with Gasteiger partial charge in [-0.1, -0.05) is 32.0 Å². The van der Waals surface area contributed by atoms with Gasteiger partial charge in [-0.3, -0.25) is 4.79 Å². The van der Waals surface area contributed by atoms with Crippen LogP contribution in [0.25, 0.3) is 0 Å². The molecule has 1 aromatic rings. The Labute approximate surface area is 155 Å². The van der Waals surface area contributed by atoms with Crippen LogP contribution in [-0.4, -0.2) is 38.7 Å². The number of aryl methyl sites for hydroxylation is 2. The van der Waals surface area contributed by atoms with E-state index in [4.69, 9.17) is 10.5 Å². The average molecular weight is 434 g/mol. The first-order valence-electron chi connectivity index (χ1n) is 7.55. The summed E-state index contributed by atoms with van der Waals surface area (Å²) in [5, 5.41) is 5.82. The van der Waals surface area contributed by atoms with Gasteiger partial charge in [0, 0.05) is 19.3 Å². The average Bonchev–Trinajstić information content (AvgIpc) is 2.53. The van der Waals surface area contributed by atoms with Crippen molar-refractivity contribution in [2.45, 2.75) is 26.7 Å². The number of guanidine groups is 1. The lowest BCUT2D eigenvalue weighted by Gasteiger charge is -2.14. The molecule has 0 saturated heterocycles. The zero-order valence-electron chi connectivity index (χ0n) is 14.0. The van der Waals surface area contributed by atoms with Gasteiger partial charge < -0.3 is 21.1 Å². The van der Waals surface area contributed by atoms with E-state index in [-0.39, 0.29) is 42.4 Å². The number of halogens is 1. The van der Waals surface area contributed by atoms with Gasteiger partial charge in [-0.25, -0.2) is 4.99 Å². The maximum absolute atomic E-state index is 11.6. The molecule has 1 amide bonds. The van der Waals surface area contributed by atoms with E-state index < -0.39 is 0 Å². The number of carbonyl (C=O) groups excluding carboxylic acids is 1. The Morgan fingerprint density at radius 3 is 2.39 bits per heavy atom. The van der Waals surface area contributed by atoms with Crippen LogP contribution in [0.2, 0.25) is 0 Å². The molecule has 130 valence electrons. The van der Waals surface area contributed by atoms with Crippen molar-refractivity contribution in [1.29, 1.82) is 0 Å². The van der Waals surface area contributed by atoms with Crippen molar-refractivity contribution in [3.63, 3.8) is 0 Å². The number of nitrogens with one attached hydrogen (secondary N) is 2. The minimum absolute atomic E-state index is 0. The molecule has 0 unspecified atom stereocenters. The maximum atomic E-state index is 11.6. The number of ether oxygens (including phenoxy) is 1. The Bertz CT molecular complexity index is 499. The van der Waals surface area contributed by atoms with Gasteiger partial charge in [0.1, 0.15) is 6.54 Å². The first-order valence-corrected chi connectivity index (χ1v) is 7.55. The molecular formula is C16H27IN4O2.